The minimum Gasteiger partial charge on any atom is -0.486 e. The molecule has 0 saturated carbocycles. The fourth-order valence-electron chi connectivity index (χ4n) is 4.45. The second kappa shape index (κ2) is 6.98. The first-order valence-corrected chi connectivity index (χ1v) is 10.1. The van der Waals surface area contributed by atoms with E-state index in [1.807, 2.05) is 63.4 Å². The molecule has 30 heavy (non-hydrogen) atoms. The Kier molecular flexibility index (Phi) is 4.39. The van der Waals surface area contributed by atoms with Gasteiger partial charge in [-0.1, -0.05) is 11.2 Å². The fourth-order valence-corrected chi connectivity index (χ4v) is 4.45. The highest BCUT2D eigenvalue weighted by atomic mass is 16.5. The van der Waals surface area contributed by atoms with E-state index in [0.29, 0.717) is 11.3 Å². The van der Waals surface area contributed by atoms with Crippen molar-refractivity contribution in [1.29, 1.82) is 0 Å². The number of hydrogen-bond donors (Lipinski definition) is 0. The summed E-state index contributed by atoms with van der Waals surface area (Å²) < 4.78 is 13.5. The lowest BCUT2D eigenvalue weighted by molar-refractivity contribution is 0.0682. The van der Waals surface area contributed by atoms with Crippen molar-refractivity contribution < 1.29 is 14.1 Å². The Bertz CT molecular complexity index is 1100. The standard InChI is InChI=1S/C22H25N5O3/c1-13-18(14(2)30-24-13)10-27-11-19-21(12-27)29-20-7-15(16-8-23-25(3)9-16)5-6-17(20)22(28)26(19)4/h5-9,19,21H,10-12H2,1-4H3. The van der Waals surface area contributed by atoms with Crippen molar-refractivity contribution >= 4 is 5.91 Å². The predicted octanol–water partition coefficient (Wildman–Crippen LogP) is 2.41. The van der Waals surface area contributed by atoms with Gasteiger partial charge in [-0.05, 0) is 31.5 Å². The third-order valence-corrected chi connectivity index (χ3v) is 6.22. The van der Waals surface area contributed by atoms with E-state index in [9.17, 15) is 4.79 Å². The van der Waals surface area contributed by atoms with Crippen molar-refractivity contribution in [3.05, 3.63) is 53.2 Å². The molecule has 2 atom stereocenters. The number of aryl methyl sites for hydroxylation is 3. The van der Waals surface area contributed by atoms with Gasteiger partial charge in [-0.15, -0.1) is 0 Å². The number of nitrogens with zero attached hydrogens (tertiary/aromatic N) is 5. The third-order valence-electron chi connectivity index (χ3n) is 6.22. The van der Waals surface area contributed by atoms with Crippen LogP contribution in [0.25, 0.3) is 11.1 Å². The van der Waals surface area contributed by atoms with Crippen molar-refractivity contribution in [3.63, 3.8) is 0 Å². The fraction of sp³-hybridized carbons (Fsp3) is 0.409. The summed E-state index contributed by atoms with van der Waals surface area (Å²) in [5.41, 5.74) is 4.62. The summed E-state index contributed by atoms with van der Waals surface area (Å²) in [5, 5.41) is 8.30. The first-order valence-electron chi connectivity index (χ1n) is 10.1. The van der Waals surface area contributed by atoms with Gasteiger partial charge >= 0.3 is 0 Å². The minimum atomic E-state index is -0.0928. The van der Waals surface area contributed by atoms with Crippen molar-refractivity contribution in [3.8, 4) is 16.9 Å². The summed E-state index contributed by atoms with van der Waals surface area (Å²) in [6.45, 7) is 6.12. The van der Waals surface area contributed by atoms with Gasteiger partial charge in [0, 0.05) is 51.1 Å². The molecule has 0 bridgehead atoms. The van der Waals surface area contributed by atoms with E-state index in [1.54, 1.807) is 4.68 Å². The molecule has 0 radical (unpaired) electrons. The van der Waals surface area contributed by atoms with E-state index in [4.69, 9.17) is 9.26 Å². The normalized spacial score (nSPS) is 21.3. The van der Waals surface area contributed by atoms with Crippen LogP contribution in [0, 0.1) is 13.8 Å². The molecule has 3 aromatic rings. The molecule has 2 unspecified atom stereocenters. The van der Waals surface area contributed by atoms with Gasteiger partial charge in [-0.3, -0.25) is 14.4 Å². The molecule has 8 heteroatoms. The predicted molar refractivity (Wildman–Crippen MR) is 110 cm³/mol. The molecule has 5 rings (SSSR count). The van der Waals surface area contributed by atoms with E-state index in [-0.39, 0.29) is 18.1 Å². The average Bonchev–Trinajstić information content (AvgIpc) is 3.41. The number of rotatable bonds is 3. The first kappa shape index (κ1) is 18.9. The Balaban J connectivity index is 1.43. The lowest BCUT2D eigenvalue weighted by Gasteiger charge is -2.25. The number of likely N-dealkylation sites (N-methyl/N-ethyl adjacent to an activating group) is 1. The molecular formula is C22H25N5O3. The van der Waals surface area contributed by atoms with Gasteiger partial charge < -0.3 is 14.2 Å². The molecule has 2 aliphatic heterocycles. The number of amides is 1. The SMILES string of the molecule is Cc1noc(C)c1CN1CC2Oc3cc(-c4cnn(C)c4)ccc3C(=O)N(C)C2C1. The molecule has 4 heterocycles. The zero-order chi connectivity index (χ0) is 21.0. The van der Waals surface area contributed by atoms with E-state index in [1.165, 1.54) is 0 Å². The first-order chi connectivity index (χ1) is 14.4. The Morgan fingerprint density at radius 2 is 2.00 bits per heavy atom. The van der Waals surface area contributed by atoms with Crippen LogP contribution in [0.5, 0.6) is 5.75 Å². The smallest absolute Gasteiger partial charge is 0.257 e. The molecule has 0 N–H and O–H groups in total. The summed E-state index contributed by atoms with van der Waals surface area (Å²) in [4.78, 5) is 17.3. The van der Waals surface area contributed by atoms with E-state index < -0.39 is 0 Å². The van der Waals surface area contributed by atoms with Crippen molar-refractivity contribution in [2.75, 3.05) is 20.1 Å². The van der Waals surface area contributed by atoms with Crippen LogP contribution in [0.4, 0.5) is 0 Å². The number of likely N-dealkylation sites (tertiary alicyclic amines) is 1. The lowest BCUT2D eigenvalue weighted by Crippen LogP contribution is -2.44. The zero-order valence-corrected chi connectivity index (χ0v) is 17.6. The van der Waals surface area contributed by atoms with Gasteiger partial charge in [0.25, 0.3) is 5.91 Å². The van der Waals surface area contributed by atoms with Gasteiger partial charge in [0.2, 0.25) is 0 Å². The monoisotopic (exact) mass is 407 g/mol. The summed E-state index contributed by atoms with van der Waals surface area (Å²) in [6, 6.07) is 5.76. The van der Waals surface area contributed by atoms with Gasteiger partial charge in [0.05, 0.1) is 23.5 Å². The second-order valence-corrected chi connectivity index (χ2v) is 8.25. The highest BCUT2D eigenvalue weighted by Gasteiger charge is 2.42. The van der Waals surface area contributed by atoms with Crippen LogP contribution < -0.4 is 4.74 Å². The topological polar surface area (TPSA) is 76.6 Å². The van der Waals surface area contributed by atoms with E-state index >= 15 is 0 Å². The second-order valence-electron chi connectivity index (χ2n) is 8.25. The molecule has 0 spiro atoms. The molecule has 2 aromatic heterocycles. The molecule has 156 valence electrons. The number of aromatic nitrogens is 3. The molecule has 0 aliphatic carbocycles. The Labute approximate surface area is 175 Å². The van der Waals surface area contributed by atoms with Crippen molar-refractivity contribution in [2.24, 2.45) is 7.05 Å². The highest BCUT2D eigenvalue weighted by Crippen LogP contribution is 2.34. The van der Waals surface area contributed by atoms with Gasteiger partial charge in [-0.2, -0.15) is 5.10 Å². The van der Waals surface area contributed by atoms with Gasteiger partial charge in [-0.25, -0.2) is 0 Å². The van der Waals surface area contributed by atoms with Crippen LogP contribution >= 0.6 is 0 Å². The Hall–Kier alpha value is -3.13. The van der Waals surface area contributed by atoms with Crippen LogP contribution in [0.1, 0.15) is 27.4 Å². The van der Waals surface area contributed by atoms with Crippen LogP contribution in [0.2, 0.25) is 0 Å². The van der Waals surface area contributed by atoms with Crippen molar-refractivity contribution in [2.45, 2.75) is 32.5 Å². The summed E-state index contributed by atoms with van der Waals surface area (Å²) >= 11 is 0. The Morgan fingerprint density at radius 3 is 2.70 bits per heavy atom. The number of fused-ring (bicyclic) bond motifs is 2. The Morgan fingerprint density at radius 1 is 1.17 bits per heavy atom. The molecule has 1 amide bonds. The molecular weight excluding hydrogens is 382 g/mol. The van der Waals surface area contributed by atoms with E-state index in [0.717, 1.165) is 47.8 Å². The van der Waals surface area contributed by atoms with Crippen LogP contribution in [0.15, 0.2) is 35.1 Å². The van der Waals surface area contributed by atoms with Crippen LogP contribution in [0.3, 0.4) is 0 Å². The summed E-state index contributed by atoms with van der Waals surface area (Å²) in [6.07, 6.45) is 3.68. The third kappa shape index (κ3) is 3.08. The minimum absolute atomic E-state index is 0.00516. The lowest BCUT2D eigenvalue weighted by atomic mass is 10.1. The molecule has 8 nitrogen and oxygen atoms in total. The molecule has 1 fully saturated rings. The maximum atomic E-state index is 13.1. The van der Waals surface area contributed by atoms with Crippen LogP contribution in [-0.2, 0) is 13.6 Å². The maximum Gasteiger partial charge on any atom is 0.257 e. The number of hydrogen-bond acceptors (Lipinski definition) is 6. The molecule has 2 aliphatic rings. The number of ether oxygens (including phenoxy) is 1. The number of benzene rings is 1. The van der Waals surface area contributed by atoms with E-state index in [2.05, 4.69) is 15.2 Å². The summed E-state index contributed by atoms with van der Waals surface area (Å²) in [7, 11) is 3.76. The number of carbonyl (C=O) groups is 1. The largest absolute Gasteiger partial charge is 0.486 e. The number of carbonyl (C=O) groups excluding carboxylic acids is 1. The van der Waals surface area contributed by atoms with Crippen LogP contribution in [-0.4, -0.2) is 62.9 Å². The summed E-state index contributed by atoms with van der Waals surface area (Å²) in [5.74, 6) is 1.48. The quantitative estimate of drug-likeness (QED) is 0.664. The highest BCUT2D eigenvalue weighted by molar-refractivity contribution is 5.98. The molecule has 1 saturated heterocycles. The van der Waals surface area contributed by atoms with Gasteiger partial charge in [0.15, 0.2) is 0 Å². The average molecular weight is 407 g/mol. The van der Waals surface area contributed by atoms with Crippen molar-refractivity contribution in [1.82, 2.24) is 24.7 Å². The molecule has 1 aromatic carbocycles. The van der Waals surface area contributed by atoms with Gasteiger partial charge in [0.1, 0.15) is 17.6 Å². The maximum absolute atomic E-state index is 13.1. The zero-order valence-electron chi connectivity index (χ0n) is 17.6.